The van der Waals surface area contributed by atoms with Crippen LogP contribution in [0.15, 0.2) is 103 Å². The first kappa shape index (κ1) is 27.6. The van der Waals surface area contributed by atoms with E-state index in [1.54, 1.807) is 13.8 Å². The molecule has 0 atom stereocenters. The van der Waals surface area contributed by atoms with Gasteiger partial charge in [0.2, 0.25) is 0 Å². The zero-order valence-corrected chi connectivity index (χ0v) is 25.7. The van der Waals surface area contributed by atoms with Crippen LogP contribution in [0, 0.1) is 13.8 Å². The third-order valence-corrected chi connectivity index (χ3v) is 9.61. The summed E-state index contributed by atoms with van der Waals surface area (Å²) in [7, 11) is 1.82. The molecule has 43 heavy (non-hydrogen) atoms. The first-order chi connectivity index (χ1) is 20.6. The molecule has 7 rings (SSSR count). The van der Waals surface area contributed by atoms with E-state index in [0.717, 1.165) is 10.8 Å². The minimum atomic E-state index is -1.00. The summed E-state index contributed by atoms with van der Waals surface area (Å²) in [6, 6.07) is 37.5. The second-order valence-electron chi connectivity index (χ2n) is 12.9. The minimum absolute atomic E-state index is 0.757. The number of aryl methyl sites for hydroxylation is 2. The monoisotopic (exact) mass is 559 g/mol. The molecule has 0 fully saturated rings. The van der Waals surface area contributed by atoms with Gasteiger partial charge in [0.25, 0.3) is 0 Å². The maximum absolute atomic E-state index is 10.7. The van der Waals surface area contributed by atoms with Crippen LogP contribution in [-0.2, 0) is 4.65 Å². The van der Waals surface area contributed by atoms with Crippen LogP contribution in [0.2, 0.25) is 0 Å². The van der Waals surface area contributed by atoms with Gasteiger partial charge in [-0.05, 0) is 124 Å². The second-order valence-corrected chi connectivity index (χ2v) is 12.9. The quantitative estimate of drug-likeness (QED) is 0.206. The van der Waals surface area contributed by atoms with Gasteiger partial charge in [-0.25, -0.2) is 0 Å². The molecule has 1 aliphatic carbocycles. The van der Waals surface area contributed by atoms with Crippen LogP contribution in [0.3, 0.4) is 0 Å². The molecule has 0 unspecified atom stereocenters. The van der Waals surface area contributed by atoms with Crippen LogP contribution in [0.4, 0.5) is 0 Å². The molecule has 0 amide bonds. The Kier molecular flexibility index (Phi) is 6.39. The number of benzene rings is 6. The molecule has 0 aliphatic heterocycles. The Morgan fingerprint density at radius 3 is 1.51 bits per heavy atom. The van der Waals surface area contributed by atoms with Gasteiger partial charge in [0.05, 0.1) is 11.2 Å². The maximum atomic E-state index is 10.7. The molecule has 6 aromatic rings. The molecule has 2 nitrogen and oxygen atoms in total. The Bertz CT molecular complexity index is 1960. The number of aliphatic hydroxyl groups is 1. The zero-order valence-electron chi connectivity index (χ0n) is 25.7. The lowest BCUT2D eigenvalue weighted by Gasteiger charge is -2.37. The van der Waals surface area contributed by atoms with Gasteiger partial charge in [-0.1, -0.05) is 103 Å². The number of fused-ring (bicyclic) bond motifs is 4. The highest BCUT2D eigenvalue weighted by atomic mass is 16.5. The molecule has 6 aromatic carbocycles. The Morgan fingerprint density at radius 2 is 0.977 bits per heavy atom. The molecule has 0 saturated heterocycles. The summed E-state index contributed by atoms with van der Waals surface area (Å²) < 4.78 is 6.27. The summed E-state index contributed by atoms with van der Waals surface area (Å²) in [4.78, 5) is 0. The van der Waals surface area contributed by atoms with E-state index in [2.05, 4.69) is 117 Å². The number of rotatable bonds is 6. The lowest BCUT2D eigenvalue weighted by molar-refractivity contribution is -0.0893. The van der Waals surface area contributed by atoms with E-state index in [-0.39, 0.29) is 0 Å². The fourth-order valence-corrected chi connectivity index (χ4v) is 6.55. The normalized spacial score (nSPS) is 12.6. The molecule has 3 heteroatoms. The molecule has 1 aliphatic rings. The van der Waals surface area contributed by atoms with Crippen LogP contribution in [0.25, 0.3) is 66.1 Å². The van der Waals surface area contributed by atoms with Crippen LogP contribution < -0.4 is 5.46 Å². The Labute approximate surface area is 255 Å². The SMILES string of the molecule is Cc1ccccc1-c1c2c(c(-c3ccccc3C)c3ccccc13)-c1ccc([B]OC(C)(C)C(C)(C)O)c3cccc-2c13. The van der Waals surface area contributed by atoms with E-state index in [9.17, 15) is 5.11 Å². The third-order valence-electron chi connectivity index (χ3n) is 9.61. The van der Waals surface area contributed by atoms with Gasteiger partial charge in [-0.2, -0.15) is 0 Å². The highest BCUT2D eigenvalue weighted by Crippen LogP contribution is 2.57. The van der Waals surface area contributed by atoms with Gasteiger partial charge in [0, 0.05) is 0 Å². The average Bonchev–Trinajstić information content (AvgIpc) is 3.31. The Hall–Kier alpha value is -4.18. The minimum Gasteiger partial charge on any atom is -0.427 e. The summed E-state index contributed by atoms with van der Waals surface area (Å²) in [6.07, 6.45) is 0. The molecule has 0 saturated carbocycles. The van der Waals surface area contributed by atoms with Crippen molar-refractivity contribution in [1.82, 2.24) is 0 Å². The number of hydrogen-bond donors (Lipinski definition) is 1. The van der Waals surface area contributed by atoms with E-state index in [1.165, 1.54) is 71.8 Å². The topological polar surface area (TPSA) is 29.5 Å². The number of hydrogen-bond acceptors (Lipinski definition) is 2. The van der Waals surface area contributed by atoms with Crippen molar-refractivity contribution >= 4 is 34.5 Å². The van der Waals surface area contributed by atoms with Crippen molar-refractivity contribution in [3.05, 3.63) is 114 Å². The molecule has 1 N–H and O–H groups in total. The van der Waals surface area contributed by atoms with E-state index in [0.29, 0.717) is 0 Å². The molecule has 0 spiro atoms. The fourth-order valence-electron chi connectivity index (χ4n) is 6.55. The fraction of sp³-hybridized carbons (Fsp3) is 0.200. The van der Waals surface area contributed by atoms with Gasteiger partial charge in [0.1, 0.15) is 0 Å². The summed E-state index contributed by atoms with van der Waals surface area (Å²) in [5.41, 5.74) is 12.0. The zero-order chi connectivity index (χ0) is 30.1. The predicted molar refractivity (Wildman–Crippen MR) is 183 cm³/mol. The van der Waals surface area contributed by atoms with Crippen molar-refractivity contribution in [2.75, 3.05) is 0 Å². The smallest absolute Gasteiger partial charge is 0.331 e. The predicted octanol–water partition coefficient (Wildman–Crippen LogP) is 9.40. The lowest BCUT2D eigenvalue weighted by Crippen LogP contribution is -2.49. The van der Waals surface area contributed by atoms with Gasteiger partial charge < -0.3 is 9.76 Å². The Morgan fingerprint density at radius 1 is 0.512 bits per heavy atom. The van der Waals surface area contributed by atoms with Crippen molar-refractivity contribution < 1.29 is 9.76 Å². The molecule has 0 bridgehead atoms. The molecular weight excluding hydrogens is 523 g/mol. The van der Waals surface area contributed by atoms with E-state index in [4.69, 9.17) is 4.65 Å². The van der Waals surface area contributed by atoms with Crippen molar-refractivity contribution in [2.45, 2.75) is 52.7 Å². The van der Waals surface area contributed by atoms with Crippen LogP contribution >= 0.6 is 0 Å². The molecule has 211 valence electrons. The standard InChI is InChI=1S/C40H36BO2/c1-24-14-7-9-16-26(24)35-28-18-11-12-19-29(28)36(27-17-10-8-15-25(27)2)38-32-22-23-33(41-43-40(5,6)39(3,4)42)30-20-13-21-31(34(30)32)37(35)38/h7-23,42H,1-6H3. The van der Waals surface area contributed by atoms with Crippen molar-refractivity contribution in [1.29, 1.82) is 0 Å². The van der Waals surface area contributed by atoms with Gasteiger partial charge in [-0.15, -0.1) is 0 Å². The van der Waals surface area contributed by atoms with E-state index >= 15 is 0 Å². The van der Waals surface area contributed by atoms with Crippen molar-refractivity contribution in [2.24, 2.45) is 0 Å². The summed E-state index contributed by atoms with van der Waals surface area (Å²) in [5, 5.41) is 15.6. The summed E-state index contributed by atoms with van der Waals surface area (Å²) >= 11 is 0. The molecular formula is C40H36BO2. The van der Waals surface area contributed by atoms with Crippen molar-refractivity contribution in [3.63, 3.8) is 0 Å². The van der Waals surface area contributed by atoms with E-state index < -0.39 is 11.2 Å². The molecule has 0 heterocycles. The van der Waals surface area contributed by atoms with Gasteiger partial charge in [0.15, 0.2) is 0 Å². The van der Waals surface area contributed by atoms with Crippen LogP contribution in [0.5, 0.6) is 0 Å². The second kappa shape index (κ2) is 9.94. The first-order valence-electron chi connectivity index (χ1n) is 15.1. The Balaban J connectivity index is 1.59. The van der Waals surface area contributed by atoms with Crippen molar-refractivity contribution in [3.8, 4) is 44.5 Å². The average molecular weight is 560 g/mol. The largest absolute Gasteiger partial charge is 0.427 e. The van der Waals surface area contributed by atoms with Gasteiger partial charge >= 0.3 is 7.48 Å². The molecule has 0 aromatic heterocycles. The van der Waals surface area contributed by atoms with Gasteiger partial charge in [-0.3, -0.25) is 0 Å². The van der Waals surface area contributed by atoms with Crippen LogP contribution in [0.1, 0.15) is 38.8 Å². The maximum Gasteiger partial charge on any atom is 0.331 e. The summed E-state index contributed by atoms with van der Waals surface area (Å²) in [5.74, 6) is 0. The highest BCUT2D eigenvalue weighted by Gasteiger charge is 2.36. The summed E-state index contributed by atoms with van der Waals surface area (Å²) in [6.45, 7) is 11.8. The molecule has 1 radical (unpaired) electrons. The first-order valence-corrected chi connectivity index (χ1v) is 15.1. The lowest BCUT2D eigenvalue weighted by atomic mass is 9.79. The third kappa shape index (κ3) is 4.25. The highest BCUT2D eigenvalue weighted by molar-refractivity contribution is 6.52. The van der Waals surface area contributed by atoms with Crippen LogP contribution in [-0.4, -0.2) is 23.8 Å². The van der Waals surface area contributed by atoms with E-state index in [1.807, 2.05) is 21.3 Å².